The first-order valence-corrected chi connectivity index (χ1v) is 11.6. The van der Waals surface area contributed by atoms with Crippen LogP contribution in [0.1, 0.15) is 91.9 Å². The van der Waals surface area contributed by atoms with Crippen molar-refractivity contribution in [3.8, 4) is 0 Å². The second-order valence-corrected chi connectivity index (χ2v) is 11.1. The van der Waals surface area contributed by atoms with Gasteiger partial charge in [-0.05, 0) is 91.8 Å². The topological polar surface area (TPSA) is 46.5 Å². The van der Waals surface area contributed by atoms with E-state index < -0.39 is 5.60 Å². The molecule has 0 aliphatic heterocycles. The zero-order valence-electron chi connectivity index (χ0n) is 17.9. The summed E-state index contributed by atoms with van der Waals surface area (Å²) in [4.78, 5) is 11.3. The van der Waals surface area contributed by atoms with Crippen molar-refractivity contribution in [2.75, 3.05) is 6.61 Å². The molecule has 4 fully saturated rings. The molecular weight excluding hydrogens is 336 g/mol. The fourth-order valence-corrected chi connectivity index (χ4v) is 8.71. The maximum atomic E-state index is 12.2. The van der Waals surface area contributed by atoms with Crippen molar-refractivity contribution in [2.24, 2.45) is 40.4 Å². The Balaban J connectivity index is 1.58. The minimum Gasteiger partial charge on any atom is -0.466 e. The first-order chi connectivity index (χ1) is 12.7. The van der Waals surface area contributed by atoms with Crippen LogP contribution in [0.4, 0.5) is 0 Å². The molecule has 0 aromatic heterocycles. The number of hydrogen-bond donors (Lipinski definition) is 1. The van der Waals surface area contributed by atoms with Crippen molar-refractivity contribution in [3.05, 3.63) is 0 Å². The first kappa shape index (κ1) is 19.7. The van der Waals surface area contributed by atoms with Gasteiger partial charge >= 0.3 is 5.97 Å². The lowest BCUT2D eigenvalue weighted by molar-refractivity contribution is -0.222. The minimum absolute atomic E-state index is 0.174. The maximum Gasteiger partial charge on any atom is 0.302 e. The Morgan fingerprint density at radius 2 is 1.74 bits per heavy atom. The predicted octanol–water partition coefficient (Wildman–Crippen LogP) is 5.35. The van der Waals surface area contributed by atoms with Gasteiger partial charge in [0.1, 0.15) is 0 Å². The summed E-state index contributed by atoms with van der Waals surface area (Å²) < 4.78 is 5.36. The molecule has 0 amide bonds. The highest BCUT2D eigenvalue weighted by Crippen LogP contribution is 2.69. The van der Waals surface area contributed by atoms with Gasteiger partial charge in [0.25, 0.3) is 0 Å². The van der Waals surface area contributed by atoms with Crippen LogP contribution in [0.25, 0.3) is 0 Å². The third kappa shape index (κ3) is 2.90. The number of ether oxygens (including phenoxy) is 1. The lowest BCUT2D eigenvalue weighted by atomic mass is 9.43. The van der Waals surface area contributed by atoms with Crippen LogP contribution < -0.4 is 0 Å². The summed E-state index contributed by atoms with van der Waals surface area (Å²) in [5, 5.41) is 12.2. The number of fused-ring (bicyclic) bond motifs is 5. The molecule has 0 aromatic rings. The van der Waals surface area contributed by atoms with Crippen molar-refractivity contribution in [1.29, 1.82) is 0 Å². The van der Waals surface area contributed by atoms with E-state index in [9.17, 15) is 9.90 Å². The summed E-state index contributed by atoms with van der Waals surface area (Å²) in [6.07, 6.45) is 12.4. The summed E-state index contributed by atoms with van der Waals surface area (Å²) in [5.41, 5.74) is 0.0855. The van der Waals surface area contributed by atoms with Crippen LogP contribution in [0.5, 0.6) is 0 Å². The summed E-state index contributed by atoms with van der Waals surface area (Å²) in [7, 11) is 0. The van der Waals surface area contributed by atoms with Crippen molar-refractivity contribution < 1.29 is 14.6 Å². The van der Waals surface area contributed by atoms with Crippen LogP contribution in [-0.2, 0) is 9.53 Å². The van der Waals surface area contributed by atoms with Crippen LogP contribution in [0.15, 0.2) is 0 Å². The van der Waals surface area contributed by atoms with Crippen molar-refractivity contribution in [1.82, 2.24) is 0 Å². The summed E-state index contributed by atoms with van der Waals surface area (Å²) in [5.74, 6) is 2.51. The van der Waals surface area contributed by atoms with Gasteiger partial charge in [0.2, 0.25) is 0 Å². The number of hydrogen-bond acceptors (Lipinski definition) is 3. The van der Waals surface area contributed by atoms with Gasteiger partial charge in [0, 0.05) is 6.92 Å². The van der Waals surface area contributed by atoms with Crippen LogP contribution in [0, 0.1) is 40.4 Å². The molecule has 4 aliphatic rings. The average Bonchev–Trinajstić information content (AvgIpc) is 2.97. The largest absolute Gasteiger partial charge is 0.466 e. The molecule has 0 heterocycles. The molecule has 0 saturated heterocycles. The van der Waals surface area contributed by atoms with E-state index in [1.165, 1.54) is 58.3 Å². The lowest BCUT2D eigenvalue weighted by Gasteiger charge is -2.64. The smallest absolute Gasteiger partial charge is 0.302 e. The molecule has 0 spiro atoms. The molecule has 3 nitrogen and oxygen atoms in total. The number of esters is 1. The van der Waals surface area contributed by atoms with Crippen molar-refractivity contribution in [2.45, 2.75) is 97.5 Å². The highest BCUT2D eigenvalue weighted by molar-refractivity contribution is 5.65. The van der Waals surface area contributed by atoms with E-state index in [0.29, 0.717) is 35.7 Å². The normalized spacial score (nSPS) is 50.3. The second kappa shape index (κ2) is 6.75. The molecule has 154 valence electrons. The first-order valence-electron chi connectivity index (χ1n) is 11.6. The van der Waals surface area contributed by atoms with Gasteiger partial charge in [-0.2, -0.15) is 0 Å². The zero-order valence-corrected chi connectivity index (χ0v) is 17.9. The van der Waals surface area contributed by atoms with Gasteiger partial charge in [0.15, 0.2) is 0 Å². The standard InChI is InChI=1S/C24H40O3/c1-16(15-27-17(2)25)19-8-9-20-23(19,4)13-11-21-22(3)12-6-5-7-18(22)10-14-24(20,21)26/h16,18-21,26H,5-15H2,1-4H3/t16-,18?,19-,20-,21-,22+,23-,24-/m1/s1. The highest BCUT2D eigenvalue weighted by atomic mass is 16.5. The molecule has 0 radical (unpaired) electrons. The maximum absolute atomic E-state index is 12.2. The Labute approximate surface area is 165 Å². The molecule has 4 rings (SSSR count). The van der Waals surface area contributed by atoms with E-state index in [2.05, 4.69) is 20.8 Å². The molecule has 4 saturated carbocycles. The van der Waals surface area contributed by atoms with E-state index in [1.54, 1.807) is 0 Å². The second-order valence-electron chi connectivity index (χ2n) is 11.1. The SMILES string of the molecule is CC(=O)OC[C@@H](C)[C@H]1CC[C@@H]2[C@]1(C)CC[C@H]1[C@@]2(O)CCC2CCCC[C@@]21C. The quantitative estimate of drug-likeness (QED) is 0.675. The van der Waals surface area contributed by atoms with Crippen LogP contribution >= 0.6 is 0 Å². The average molecular weight is 377 g/mol. The van der Waals surface area contributed by atoms with Crippen LogP contribution in [-0.4, -0.2) is 23.3 Å². The zero-order chi connectivity index (χ0) is 19.4. The van der Waals surface area contributed by atoms with Gasteiger partial charge in [-0.15, -0.1) is 0 Å². The number of carbonyl (C=O) groups is 1. The van der Waals surface area contributed by atoms with Gasteiger partial charge < -0.3 is 9.84 Å². The Bertz CT molecular complexity index is 588. The van der Waals surface area contributed by atoms with Gasteiger partial charge in [0.05, 0.1) is 12.2 Å². The Morgan fingerprint density at radius 1 is 1.00 bits per heavy atom. The third-order valence-electron chi connectivity index (χ3n) is 9.96. The molecule has 1 N–H and O–H groups in total. The number of rotatable bonds is 3. The molecule has 3 heteroatoms. The van der Waals surface area contributed by atoms with Gasteiger partial charge in [-0.1, -0.05) is 33.6 Å². The van der Waals surface area contributed by atoms with Gasteiger partial charge in [-0.25, -0.2) is 0 Å². The minimum atomic E-state index is -0.467. The lowest BCUT2D eigenvalue weighted by Crippen LogP contribution is -2.63. The monoisotopic (exact) mass is 376 g/mol. The van der Waals surface area contributed by atoms with Crippen molar-refractivity contribution >= 4 is 5.97 Å². The van der Waals surface area contributed by atoms with Crippen LogP contribution in [0.2, 0.25) is 0 Å². The number of aliphatic hydroxyl groups is 1. The van der Waals surface area contributed by atoms with Gasteiger partial charge in [-0.3, -0.25) is 4.79 Å². The summed E-state index contributed by atoms with van der Waals surface area (Å²) >= 11 is 0. The summed E-state index contributed by atoms with van der Waals surface area (Å²) in [6, 6.07) is 0. The molecule has 4 aliphatic carbocycles. The molecule has 0 aromatic carbocycles. The Kier molecular flexibility index (Phi) is 4.93. The predicted molar refractivity (Wildman–Crippen MR) is 107 cm³/mol. The van der Waals surface area contributed by atoms with Crippen molar-refractivity contribution in [3.63, 3.8) is 0 Å². The van der Waals surface area contributed by atoms with E-state index in [0.717, 1.165) is 18.8 Å². The third-order valence-corrected chi connectivity index (χ3v) is 9.96. The molecule has 8 atom stereocenters. The van der Waals surface area contributed by atoms with Crippen LogP contribution in [0.3, 0.4) is 0 Å². The van der Waals surface area contributed by atoms with E-state index in [1.807, 2.05) is 0 Å². The molecule has 0 bridgehead atoms. The fourth-order valence-electron chi connectivity index (χ4n) is 8.71. The molecular formula is C24H40O3. The highest BCUT2D eigenvalue weighted by Gasteiger charge is 2.66. The number of carbonyl (C=O) groups excluding carboxylic acids is 1. The van der Waals surface area contributed by atoms with E-state index in [-0.39, 0.29) is 11.4 Å². The fraction of sp³-hybridized carbons (Fsp3) is 0.958. The van der Waals surface area contributed by atoms with E-state index >= 15 is 0 Å². The Morgan fingerprint density at radius 3 is 2.48 bits per heavy atom. The van der Waals surface area contributed by atoms with E-state index in [4.69, 9.17) is 4.74 Å². The molecule has 1 unspecified atom stereocenters. The molecule has 27 heavy (non-hydrogen) atoms. The summed E-state index contributed by atoms with van der Waals surface area (Å²) in [6.45, 7) is 9.25. The Hall–Kier alpha value is -0.570.